The van der Waals surface area contributed by atoms with Crippen LogP contribution in [0, 0.1) is 11.8 Å². The molecule has 11 heteroatoms. The Morgan fingerprint density at radius 1 is 0.918 bits per heavy atom. The zero-order chi connectivity index (χ0) is 34.8. The Bertz CT molecular complexity index is 1550. The molecule has 3 aromatic rings. The molecular weight excluding hydrogens is 624 g/mol. The summed E-state index contributed by atoms with van der Waals surface area (Å²) in [6.07, 6.45) is 1.55. The van der Waals surface area contributed by atoms with E-state index in [-0.39, 0.29) is 35.5 Å². The number of benzene rings is 2. The third kappa shape index (κ3) is 10.6. The fourth-order valence-corrected chi connectivity index (χ4v) is 6.18. The van der Waals surface area contributed by atoms with Crippen LogP contribution in [-0.2, 0) is 43.2 Å². The molecule has 3 heterocycles. The molecule has 1 aromatic heterocycles. The molecule has 2 fully saturated rings. The number of Topliss-reactive ketones (excluding diaryl/α,β-unsaturated/α-hetero) is 2. The highest BCUT2D eigenvalue weighted by Crippen LogP contribution is 2.29. The van der Waals surface area contributed by atoms with Gasteiger partial charge in [-0.25, -0.2) is 0 Å². The van der Waals surface area contributed by atoms with E-state index in [1.165, 1.54) is 0 Å². The van der Waals surface area contributed by atoms with Crippen LogP contribution in [0.5, 0.6) is 0 Å². The van der Waals surface area contributed by atoms with Gasteiger partial charge in [0, 0.05) is 31.5 Å². The van der Waals surface area contributed by atoms with Crippen molar-refractivity contribution in [3.63, 3.8) is 0 Å². The maximum Gasteiger partial charge on any atom is 0.274 e. The lowest BCUT2D eigenvalue weighted by Gasteiger charge is -2.25. The van der Waals surface area contributed by atoms with Crippen molar-refractivity contribution in [2.75, 3.05) is 32.9 Å². The molecule has 49 heavy (non-hydrogen) atoms. The van der Waals surface area contributed by atoms with Gasteiger partial charge in [-0.1, -0.05) is 79.7 Å². The number of epoxide rings is 1. The number of hydrogen-bond donors (Lipinski definition) is 2. The number of hydrogen-bond acceptors (Lipinski definition) is 9. The van der Waals surface area contributed by atoms with Crippen LogP contribution in [0.15, 0.2) is 71.3 Å². The van der Waals surface area contributed by atoms with Gasteiger partial charge in [0.15, 0.2) is 23.0 Å². The van der Waals surface area contributed by atoms with Gasteiger partial charge in [0.2, 0.25) is 5.91 Å². The van der Waals surface area contributed by atoms with Crippen molar-refractivity contribution in [1.82, 2.24) is 20.7 Å². The van der Waals surface area contributed by atoms with Crippen molar-refractivity contribution in [1.29, 1.82) is 0 Å². The van der Waals surface area contributed by atoms with Gasteiger partial charge < -0.3 is 24.6 Å². The van der Waals surface area contributed by atoms with E-state index in [0.29, 0.717) is 57.8 Å². The van der Waals surface area contributed by atoms with E-state index in [0.717, 1.165) is 24.2 Å². The van der Waals surface area contributed by atoms with Gasteiger partial charge in [0.05, 0.1) is 38.4 Å². The van der Waals surface area contributed by atoms with E-state index < -0.39 is 29.5 Å². The summed E-state index contributed by atoms with van der Waals surface area (Å²) in [5.41, 5.74) is 1.10. The average Bonchev–Trinajstić information content (AvgIpc) is 3.68. The van der Waals surface area contributed by atoms with Crippen molar-refractivity contribution < 1.29 is 33.2 Å². The number of aryl methyl sites for hydroxylation is 1. The zero-order valence-corrected chi connectivity index (χ0v) is 28.7. The summed E-state index contributed by atoms with van der Waals surface area (Å²) in [6, 6.07) is 19.2. The van der Waals surface area contributed by atoms with Crippen LogP contribution in [0.4, 0.5) is 0 Å². The summed E-state index contributed by atoms with van der Waals surface area (Å²) in [4.78, 5) is 57.0. The van der Waals surface area contributed by atoms with Crippen LogP contribution in [-0.4, -0.2) is 84.0 Å². The first-order valence-corrected chi connectivity index (χ1v) is 17.3. The maximum atomic E-state index is 14.0. The lowest BCUT2D eigenvalue weighted by Crippen LogP contribution is -2.50. The van der Waals surface area contributed by atoms with Gasteiger partial charge in [0.25, 0.3) is 5.91 Å². The average molecular weight is 673 g/mol. The molecule has 2 aliphatic rings. The number of carbonyl (C=O) groups is 4. The molecule has 4 unspecified atom stereocenters. The molecule has 5 rings (SSSR count). The zero-order valence-electron chi connectivity index (χ0n) is 28.7. The number of morpholine rings is 1. The third-order valence-corrected chi connectivity index (χ3v) is 9.12. The Morgan fingerprint density at radius 2 is 1.57 bits per heavy atom. The van der Waals surface area contributed by atoms with E-state index in [1.54, 1.807) is 13.0 Å². The molecule has 0 bridgehead atoms. The molecule has 0 saturated carbocycles. The molecule has 2 aliphatic heterocycles. The van der Waals surface area contributed by atoms with E-state index in [1.807, 2.05) is 74.5 Å². The molecule has 0 radical (unpaired) electrons. The second-order valence-corrected chi connectivity index (χ2v) is 13.7. The van der Waals surface area contributed by atoms with Crippen molar-refractivity contribution in [2.24, 2.45) is 11.8 Å². The van der Waals surface area contributed by atoms with Gasteiger partial charge in [0.1, 0.15) is 5.60 Å². The fraction of sp³-hybridized carbons (Fsp3) is 0.500. The Labute approximate surface area is 288 Å². The first kappa shape index (κ1) is 36.1. The van der Waals surface area contributed by atoms with E-state index in [9.17, 15) is 19.2 Å². The summed E-state index contributed by atoms with van der Waals surface area (Å²) in [5.74, 6) is -1.36. The number of nitrogens with one attached hydrogen (secondary N) is 2. The Balaban J connectivity index is 1.29. The quantitative estimate of drug-likeness (QED) is 0.192. The largest absolute Gasteiger partial charge is 0.379 e. The molecule has 2 aromatic carbocycles. The normalized spacial score (nSPS) is 19.5. The lowest BCUT2D eigenvalue weighted by atomic mass is 9.87. The number of ketones is 2. The van der Waals surface area contributed by atoms with Crippen LogP contribution >= 0.6 is 0 Å². The van der Waals surface area contributed by atoms with Crippen molar-refractivity contribution in [3.8, 4) is 0 Å². The van der Waals surface area contributed by atoms with Crippen molar-refractivity contribution in [2.45, 2.75) is 77.1 Å². The van der Waals surface area contributed by atoms with E-state index in [2.05, 4.69) is 20.7 Å². The topological polar surface area (TPSA) is 143 Å². The minimum absolute atomic E-state index is 0.0924. The van der Waals surface area contributed by atoms with Crippen molar-refractivity contribution in [3.05, 3.63) is 89.3 Å². The molecule has 2 saturated heterocycles. The van der Waals surface area contributed by atoms with E-state index in [4.69, 9.17) is 14.0 Å². The van der Waals surface area contributed by atoms with Gasteiger partial charge in [-0.05, 0) is 49.7 Å². The summed E-state index contributed by atoms with van der Waals surface area (Å²) in [5, 5.41) is 9.86. The number of amides is 2. The molecule has 2 N–H and O–H groups in total. The van der Waals surface area contributed by atoms with Crippen LogP contribution in [0.25, 0.3) is 0 Å². The molecule has 0 aliphatic carbocycles. The molecule has 262 valence electrons. The van der Waals surface area contributed by atoms with Gasteiger partial charge in [-0.15, -0.1) is 0 Å². The Kier molecular flexibility index (Phi) is 12.5. The van der Waals surface area contributed by atoms with E-state index >= 15 is 0 Å². The second kappa shape index (κ2) is 17.0. The standard InChI is InChI=1S/C38H48N4O7/c1-26(2)20-29(36(45)40-32(35(44)38(3)25-48-38)21-28-12-8-5-9-13-28)22-34(43)31(15-14-27-10-6-4-7-11-27)39-37(46)33-23-30(49-41-33)24-42-16-18-47-19-17-42/h4-13,23,26,29,31-32H,14-22,24-25H2,1-3H3,(H,39,46)(H,40,45). The summed E-state index contributed by atoms with van der Waals surface area (Å²) >= 11 is 0. The predicted molar refractivity (Wildman–Crippen MR) is 183 cm³/mol. The van der Waals surface area contributed by atoms with Gasteiger partial charge >= 0.3 is 0 Å². The Morgan fingerprint density at radius 3 is 2.20 bits per heavy atom. The van der Waals surface area contributed by atoms with Crippen LogP contribution in [0.3, 0.4) is 0 Å². The van der Waals surface area contributed by atoms with Crippen molar-refractivity contribution >= 4 is 23.4 Å². The Hall–Kier alpha value is -4.19. The highest BCUT2D eigenvalue weighted by atomic mass is 16.6. The monoisotopic (exact) mass is 672 g/mol. The number of rotatable bonds is 18. The fourth-order valence-electron chi connectivity index (χ4n) is 6.18. The smallest absolute Gasteiger partial charge is 0.274 e. The summed E-state index contributed by atoms with van der Waals surface area (Å²) < 4.78 is 16.3. The summed E-state index contributed by atoms with van der Waals surface area (Å²) in [7, 11) is 0. The highest BCUT2D eigenvalue weighted by Gasteiger charge is 2.50. The summed E-state index contributed by atoms with van der Waals surface area (Å²) in [6.45, 7) is 9.33. The first-order chi connectivity index (χ1) is 23.6. The van der Waals surface area contributed by atoms with Gasteiger partial charge in [-0.2, -0.15) is 0 Å². The predicted octanol–water partition coefficient (Wildman–Crippen LogP) is 3.95. The molecule has 11 nitrogen and oxygen atoms in total. The minimum Gasteiger partial charge on any atom is -0.379 e. The van der Waals surface area contributed by atoms with Crippen LogP contribution < -0.4 is 10.6 Å². The molecular formula is C38H48N4O7. The SMILES string of the molecule is CC(C)CC(CC(=O)C(CCc1ccccc1)NC(=O)c1cc(CN2CCOCC2)on1)C(=O)NC(Cc1ccccc1)C(=O)C1(C)CO1. The first-order valence-electron chi connectivity index (χ1n) is 17.3. The second-order valence-electron chi connectivity index (χ2n) is 13.7. The molecule has 2 amide bonds. The van der Waals surface area contributed by atoms with Gasteiger partial charge in [-0.3, -0.25) is 24.1 Å². The molecule has 0 spiro atoms. The number of nitrogens with zero attached hydrogens (tertiary/aromatic N) is 2. The number of carbonyl (C=O) groups excluding carboxylic acids is 4. The number of aromatic nitrogens is 1. The molecule has 4 atom stereocenters. The van der Waals surface area contributed by atoms with Crippen LogP contribution in [0.1, 0.15) is 67.4 Å². The van der Waals surface area contributed by atoms with Crippen LogP contribution in [0.2, 0.25) is 0 Å². The lowest BCUT2D eigenvalue weighted by molar-refractivity contribution is -0.134. The third-order valence-electron chi connectivity index (χ3n) is 9.12. The minimum atomic E-state index is -0.925. The highest BCUT2D eigenvalue weighted by molar-refractivity contribution is 5.99. The maximum absolute atomic E-state index is 14.0. The number of ether oxygens (including phenoxy) is 2.